The number of nitrogens with one attached hydrogen (secondary N) is 1. The molecule has 0 fully saturated rings. The number of hydrogen-bond acceptors (Lipinski definition) is 2. The fraction of sp³-hybridized carbons (Fsp3) is 0.700. The molecule has 0 saturated heterocycles. The number of hydrogen-bond donors (Lipinski definition) is 1. The summed E-state index contributed by atoms with van der Waals surface area (Å²) in [6, 6.07) is 2.12. The zero-order valence-electron chi connectivity index (χ0n) is 7.47. The number of terminal acetylenes is 1. The quantitative estimate of drug-likeness (QED) is 0.459. The first-order chi connectivity index (χ1) is 5.91. The van der Waals surface area contributed by atoms with Crippen LogP contribution in [0.15, 0.2) is 0 Å². The third kappa shape index (κ3) is 9.01. The van der Waals surface area contributed by atoms with Crippen molar-refractivity contribution < 1.29 is 0 Å². The summed E-state index contributed by atoms with van der Waals surface area (Å²) >= 11 is 0. The van der Waals surface area contributed by atoms with Gasteiger partial charge >= 0.3 is 0 Å². The Morgan fingerprint density at radius 2 is 1.83 bits per heavy atom. The van der Waals surface area contributed by atoms with Gasteiger partial charge in [0.15, 0.2) is 0 Å². The van der Waals surface area contributed by atoms with Crippen molar-refractivity contribution in [2.45, 2.75) is 32.1 Å². The van der Waals surface area contributed by atoms with Gasteiger partial charge in [-0.05, 0) is 32.4 Å². The predicted octanol–water partition coefficient (Wildman–Crippen LogP) is 1.68. The summed E-state index contributed by atoms with van der Waals surface area (Å²) in [6.45, 7) is 2.00. The van der Waals surface area contributed by atoms with E-state index in [9.17, 15) is 0 Å². The number of unbranched alkanes of at least 4 members (excludes halogenated alkanes) is 3. The minimum atomic E-state index is 0.673. The summed E-state index contributed by atoms with van der Waals surface area (Å²) in [5, 5.41) is 11.5. The van der Waals surface area contributed by atoms with Crippen molar-refractivity contribution in [1.82, 2.24) is 5.32 Å². The van der Waals surface area contributed by atoms with Crippen LogP contribution in [-0.2, 0) is 0 Å². The molecule has 0 atom stereocenters. The van der Waals surface area contributed by atoms with Gasteiger partial charge in [-0.2, -0.15) is 5.26 Å². The maximum absolute atomic E-state index is 8.25. The molecular formula is C10H16N2. The number of nitrogens with zero attached hydrogens (tertiary/aromatic N) is 1. The van der Waals surface area contributed by atoms with Crippen molar-refractivity contribution in [1.29, 1.82) is 5.26 Å². The Kier molecular flexibility index (Phi) is 9.18. The summed E-state index contributed by atoms with van der Waals surface area (Å²) in [5.74, 6) is 2.60. The molecular weight excluding hydrogens is 148 g/mol. The van der Waals surface area contributed by atoms with Gasteiger partial charge in [0.05, 0.1) is 6.07 Å². The van der Waals surface area contributed by atoms with Crippen LogP contribution in [0.1, 0.15) is 32.1 Å². The molecule has 0 aliphatic heterocycles. The molecule has 0 spiro atoms. The van der Waals surface area contributed by atoms with E-state index in [2.05, 4.69) is 17.3 Å². The summed E-state index contributed by atoms with van der Waals surface area (Å²) in [4.78, 5) is 0. The molecule has 0 saturated carbocycles. The van der Waals surface area contributed by atoms with Crippen LogP contribution in [-0.4, -0.2) is 13.1 Å². The van der Waals surface area contributed by atoms with Crippen molar-refractivity contribution >= 4 is 0 Å². The molecule has 0 aromatic heterocycles. The summed E-state index contributed by atoms with van der Waals surface area (Å²) in [6.07, 6.45) is 9.76. The molecule has 0 bridgehead atoms. The Morgan fingerprint density at radius 3 is 2.50 bits per heavy atom. The van der Waals surface area contributed by atoms with Crippen LogP contribution in [0.5, 0.6) is 0 Å². The van der Waals surface area contributed by atoms with E-state index in [0.717, 1.165) is 38.8 Å². The monoisotopic (exact) mass is 164 g/mol. The Bertz CT molecular complexity index is 142. The molecule has 66 valence electrons. The SMILES string of the molecule is C#CCCCNCCCCC#N. The molecule has 2 heteroatoms. The van der Waals surface area contributed by atoms with Crippen molar-refractivity contribution in [2.24, 2.45) is 0 Å². The summed E-state index contributed by atoms with van der Waals surface area (Å²) in [5.41, 5.74) is 0. The summed E-state index contributed by atoms with van der Waals surface area (Å²) < 4.78 is 0. The van der Waals surface area contributed by atoms with E-state index >= 15 is 0 Å². The van der Waals surface area contributed by atoms with Crippen molar-refractivity contribution in [3.05, 3.63) is 0 Å². The third-order valence-corrected chi connectivity index (χ3v) is 1.57. The number of nitriles is 1. The Balaban J connectivity index is 2.84. The molecule has 0 aliphatic carbocycles. The lowest BCUT2D eigenvalue weighted by atomic mass is 10.2. The van der Waals surface area contributed by atoms with E-state index in [-0.39, 0.29) is 0 Å². The first-order valence-corrected chi connectivity index (χ1v) is 4.43. The smallest absolute Gasteiger partial charge is 0.0621 e. The molecule has 0 aromatic rings. The molecule has 0 amide bonds. The molecule has 0 unspecified atom stereocenters. The van der Waals surface area contributed by atoms with Crippen LogP contribution < -0.4 is 5.32 Å². The largest absolute Gasteiger partial charge is 0.317 e. The topological polar surface area (TPSA) is 35.8 Å². The zero-order valence-corrected chi connectivity index (χ0v) is 7.47. The van der Waals surface area contributed by atoms with Gasteiger partial charge < -0.3 is 5.32 Å². The van der Waals surface area contributed by atoms with Crippen molar-refractivity contribution in [2.75, 3.05) is 13.1 Å². The van der Waals surface area contributed by atoms with Crippen LogP contribution in [0.2, 0.25) is 0 Å². The Morgan fingerprint density at radius 1 is 1.08 bits per heavy atom. The highest BCUT2D eigenvalue weighted by molar-refractivity contribution is 4.83. The van der Waals surface area contributed by atoms with Crippen LogP contribution >= 0.6 is 0 Å². The van der Waals surface area contributed by atoms with Crippen molar-refractivity contribution in [3.63, 3.8) is 0 Å². The highest BCUT2D eigenvalue weighted by Crippen LogP contribution is 1.91. The normalized spacial score (nSPS) is 8.83. The highest BCUT2D eigenvalue weighted by Gasteiger charge is 1.87. The first kappa shape index (κ1) is 11.0. The van der Waals surface area contributed by atoms with E-state index in [1.54, 1.807) is 0 Å². The molecule has 0 aromatic carbocycles. The average Bonchev–Trinajstić information content (AvgIpc) is 2.10. The average molecular weight is 164 g/mol. The van der Waals surface area contributed by atoms with E-state index < -0.39 is 0 Å². The highest BCUT2D eigenvalue weighted by atomic mass is 14.8. The maximum atomic E-state index is 8.25. The van der Waals surface area contributed by atoms with Gasteiger partial charge in [0.2, 0.25) is 0 Å². The second kappa shape index (κ2) is 10.0. The molecule has 12 heavy (non-hydrogen) atoms. The second-order valence-corrected chi connectivity index (χ2v) is 2.67. The molecule has 0 radical (unpaired) electrons. The minimum absolute atomic E-state index is 0.673. The minimum Gasteiger partial charge on any atom is -0.317 e. The van der Waals surface area contributed by atoms with Gasteiger partial charge in [0.25, 0.3) is 0 Å². The molecule has 0 rings (SSSR count). The lowest BCUT2D eigenvalue weighted by molar-refractivity contribution is 0.613. The standard InChI is InChI=1S/C10H16N2/c1-2-3-6-9-12-10-7-4-5-8-11/h1,12H,3-7,9-10H2. The van der Waals surface area contributed by atoms with E-state index in [1.165, 1.54) is 0 Å². The predicted molar refractivity (Wildman–Crippen MR) is 50.4 cm³/mol. The number of rotatable bonds is 7. The molecule has 0 aliphatic rings. The molecule has 0 heterocycles. The second-order valence-electron chi connectivity index (χ2n) is 2.67. The van der Waals surface area contributed by atoms with Gasteiger partial charge in [-0.25, -0.2) is 0 Å². The van der Waals surface area contributed by atoms with Crippen LogP contribution in [0.4, 0.5) is 0 Å². The first-order valence-electron chi connectivity index (χ1n) is 4.43. The van der Waals surface area contributed by atoms with Gasteiger partial charge in [-0.1, -0.05) is 0 Å². The van der Waals surface area contributed by atoms with Gasteiger partial charge in [0.1, 0.15) is 0 Å². The van der Waals surface area contributed by atoms with Gasteiger partial charge in [-0.3, -0.25) is 0 Å². The van der Waals surface area contributed by atoms with E-state index in [1.807, 2.05) is 0 Å². The summed E-state index contributed by atoms with van der Waals surface area (Å²) in [7, 11) is 0. The maximum Gasteiger partial charge on any atom is 0.0621 e. The lowest BCUT2D eigenvalue weighted by Gasteiger charge is -2.00. The lowest BCUT2D eigenvalue weighted by Crippen LogP contribution is -2.16. The Labute approximate surface area is 75.0 Å². The van der Waals surface area contributed by atoms with Crippen LogP contribution in [0.3, 0.4) is 0 Å². The fourth-order valence-corrected chi connectivity index (χ4v) is 0.895. The Hall–Kier alpha value is -0.990. The van der Waals surface area contributed by atoms with Gasteiger partial charge in [-0.15, -0.1) is 12.3 Å². The van der Waals surface area contributed by atoms with Gasteiger partial charge in [0, 0.05) is 12.8 Å². The van der Waals surface area contributed by atoms with Crippen LogP contribution in [0, 0.1) is 23.7 Å². The van der Waals surface area contributed by atoms with E-state index in [4.69, 9.17) is 11.7 Å². The third-order valence-electron chi connectivity index (χ3n) is 1.57. The molecule has 1 N–H and O–H groups in total. The fourth-order valence-electron chi connectivity index (χ4n) is 0.895. The molecule has 2 nitrogen and oxygen atoms in total. The van der Waals surface area contributed by atoms with Crippen molar-refractivity contribution in [3.8, 4) is 18.4 Å². The zero-order chi connectivity index (χ0) is 9.07. The van der Waals surface area contributed by atoms with E-state index in [0.29, 0.717) is 6.42 Å². The van der Waals surface area contributed by atoms with Crippen LogP contribution in [0.25, 0.3) is 0 Å².